The zero-order valence-electron chi connectivity index (χ0n) is 6.64. The molecule has 0 radical (unpaired) electrons. The van der Waals surface area contributed by atoms with Crippen molar-refractivity contribution in [3.05, 3.63) is 29.8 Å². The fourth-order valence-electron chi connectivity index (χ4n) is 0.865. The minimum atomic E-state index is -1.57. The van der Waals surface area contributed by atoms with Crippen LogP contribution in [0.2, 0.25) is 0 Å². The number of hydrogen-bond acceptors (Lipinski definition) is 3. The Bertz CT molecular complexity index is 316. The molecule has 0 bridgehead atoms. The van der Waals surface area contributed by atoms with E-state index in [1.165, 1.54) is 12.3 Å². The van der Waals surface area contributed by atoms with Crippen LogP contribution < -0.4 is 0 Å². The maximum Gasteiger partial charge on any atom is 0.332 e. The molecular weight excluding hydrogens is 177 g/mol. The van der Waals surface area contributed by atoms with E-state index >= 15 is 0 Å². The van der Waals surface area contributed by atoms with Crippen LogP contribution in [-0.4, -0.2) is 27.3 Å². The molecule has 13 heavy (non-hydrogen) atoms. The van der Waals surface area contributed by atoms with Gasteiger partial charge in [0, 0.05) is 12.6 Å². The summed E-state index contributed by atoms with van der Waals surface area (Å²) in [5, 5.41) is 17.3. The Morgan fingerprint density at radius 2 is 2.38 bits per heavy atom. The Morgan fingerprint density at radius 1 is 1.69 bits per heavy atom. The van der Waals surface area contributed by atoms with Gasteiger partial charge >= 0.3 is 5.97 Å². The van der Waals surface area contributed by atoms with Gasteiger partial charge in [-0.25, -0.2) is 9.18 Å². The van der Waals surface area contributed by atoms with Gasteiger partial charge in [0.05, 0.1) is 6.20 Å². The lowest BCUT2D eigenvalue weighted by molar-refractivity contribution is -0.146. The Kier molecular flexibility index (Phi) is 2.92. The van der Waals surface area contributed by atoms with Gasteiger partial charge in [0.2, 0.25) is 0 Å². The fourth-order valence-corrected chi connectivity index (χ4v) is 0.865. The van der Waals surface area contributed by atoms with Crippen molar-refractivity contribution in [2.24, 2.45) is 0 Å². The maximum absolute atomic E-state index is 12.8. The van der Waals surface area contributed by atoms with Crippen LogP contribution in [0, 0.1) is 5.82 Å². The number of aromatic nitrogens is 1. The highest BCUT2D eigenvalue weighted by molar-refractivity contribution is 5.72. The molecule has 0 aliphatic heterocycles. The molecule has 0 aliphatic rings. The molecule has 4 nitrogen and oxygen atoms in total. The second-order valence-corrected chi connectivity index (χ2v) is 2.53. The van der Waals surface area contributed by atoms with Crippen LogP contribution in [0.15, 0.2) is 18.5 Å². The van der Waals surface area contributed by atoms with E-state index in [-0.39, 0.29) is 12.0 Å². The number of aliphatic hydroxyl groups is 1. The third-order valence-corrected chi connectivity index (χ3v) is 1.55. The van der Waals surface area contributed by atoms with E-state index < -0.39 is 17.9 Å². The highest BCUT2D eigenvalue weighted by Crippen LogP contribution is 2.07. The van der Waals surface area contributed by atoms with Crippen molar-refractivity contribution in [1.82, 2.24) is 4.98 Å². The second-order valence-electron chi connectivity index (χ2n) is 2.53. The molecule has 0 saturated heterocycles. The Balaban J connectivity index is 2.74. The molecule has 1 aromatic heterocycles. The maximum atomic E-state index is 12.8. The lowest BCUT2D eigenvalue weighted by atomic mass is 10.1. The first-order valence-corrected chi connectivity index (χ1v) is 3.60. The standard InChI is InChI=1S/C8H8FNO3/c9-6-4-10-2-1-5(6)3-7(11)8(12)13/h1-2,4,7,11H,3H2,(H,12,13). The number of pyridine rings is 1. The van der Waals surface area contributed by atoms with E-state index in [9.17, 15) is 9.18 Å². The second kappa shape index (κ2) is 3.95. The van der Waals surface area contributed by atoms with Crippen LogP contribution in [0.3, 0.4) is 0 Å². The third-order valence-electron chi connectivity index (χ3n) is 1.55. The van der Waals surface area contributed by atoms with Gasteiger partial charge in [-0.3, -0.25) is 4.98 Å². The summed E-state index contributed by atoms with van der Waals surface area (Å²) < 4.78 is 12.8. The van der Waals surface area contributed by atoms with Crippen LogP contribution in [0.4, 0.5) is 4.39 Å². The van der Waals surface area contributed by atoms with Crippen molar-refractivity contribution < 1.29 is 19.4 Å². The van der Waals surface area contributed by atoms with Gasteiger partial charge in [-0.2, -0.15) is 0 Å². The van der Waals surface area contributed by atoms with Crippen molar-refractivity contribution in [2.45, 2.75) is 12.5 Å². The summed E-state index contributed by atoms with van der Waals surface area (Å²) in [4.78, 5) is 13.7. The quantitative estimate of drug-likeness (QED) is 0.706. The van der Waals surface area contributed by atoms with Gasteiger partial charge in [-0.1, -0.05) is 0 Å². The number of rotatable bonds is 3. The molecule has 5 heteroatoms. The molecule has 0 aliphatic carbocycles. The van der Waals surface area contributed by atoms with Gasteiger partial charge in [-0.15, -0.1) is 0 Å². The van der Waals surface area contributed by atoms with E-state index in [4.69, 9.17) is 10.2 Å². The van der Waals surface area contributed by atoms with E-state index in [1.54, 1.807) is 0 Å². The summed E-state index contributed by atoms with van der Waals surface area (Å²) in [6.07, 6.45) is 0.498. The Labute approximate surface area is 73.7 Å². The molecule has 1 atom stereocenters. The molecule has 0 saturated carbocycles. The molecule has 0 spiro atoms. The first kappa shape index (κ1) is 9.60. The van der Waals surface area contributed by atoms with Gasteiger partial charge in [0.15, 0.2) is 6.10 Å². The number of carbonyl (C=O) groups is 1. The lowest BCUT2D eigenvalue weighted by Gasteiger charge is -2.05. The Morgan fingerprint density at radius 3 is 2.92 bits per heavy atom. The average Bonchev–Trinajstić information content (AvgIpc) is 2.08. The van der Waals surface area contributed by atoms with Crippen molar-refractivity contribution in [3.63, 3.8) is 0 Å². The molecule has 1 heterocycles. The Hall–Kier alpha value is -1.49. The van der Waals surface area contributed by atoms with Crippen LogP contribution in [0.25, 0.3) is 0 Å². The van der Waals surface area contributed by atoms with Gasteiger partial charge in [0.1, 0.15) is 5.82 Å². The monoisotopic (exact) mass is 185 g/mol. The van der Waals surface area contributed by atoms with Gasteiger partial charge in [-0.05, 0) is 11.6 Å². The fraction of sp³-hybridized carbons (Fsp3) is 0.250. The normalized spacial score (nSPS) is 12.5. The van der Waals surface area contributed by atoms with Crippen molar-refractivity contribution >= 4 is 5.97 Å². The number of halogens is 1. The smallest absolute Gasteiger partial charge is 0.332 e. The summed E-state index contributed by atoms with van der Waals surface area (Å²) >= 11 is 0. The molecular formula is C8H8FNO3. The van der Waals surface area contributed by atoms with E-state index in [1.807, 2.05) is 0 Å². The molecule has 0 aromatic carbocycles. The number of carboxylic acids is 1. The summed E-state index contributed by atoms with van der Waals surface area (Å²) in [5.74, 6) is -1.97. The summed E-state index contributed by atoms with van der Waals surface area (Å²) in [7, 11) is 0. The number of aliphatic carboxylic acids is 1. The minimum Gasteiger partial charge on any atom is -0.479 e. The van der Waals surface area contributed by atoms with E-state index in [0.717, 1.165) is 6.20 Å². The summed E-state index contributed by atoms with van der Waals surface area (Å²) in [6, 6.07) is 1.33. The summed E-state index contributed by atoms with van der Waals surface area (Å²) in [6.45, 7) is 0. The molecule has 2 N–H and O–H groups in total. The highest BCUT2D eigenvalue weighted by Gasteiger charge is 2.15. The lowest BCUT2D eigenvalue weighted by Crippen LogP contribution is -2.22. The first-order valence-electron chi connectivity index (χ1n) is 3.60. The van der Waals surface area contributed by atoms with Crippen molar-refractivity contribution in [1.29, 1.82) is 0 Å². The van der Waals surface area contributed by atoms with Crippen LogP contribution >= 0.6 is 0 Å². The number of hydrogen-bond donors (Lipinski definition) is 2. The predicted octanol–water partition coefficient (Wildman–Crippen LogP) is 0.209. The topological polar surface area (TPSA) is 70.4 Å². The summed E-state index contributed by atoms with van der Waals surface area (Å²) in [5.41, 5.74) is 0.143. The molecule has 1 rings (SSSR count). The average molecular weight is 185 g/mol. The predicted molar refractivity (Wildman–Crippen MR) is 41.5 cm³/mol. The van der Waals surface area contributed by atoms with Crippen LogP contribution in [0.1, 0.15) is 5.56 Å². The minimum absolute atomic E-state index is 0.143. The first-order chi connectivity index (χ1) is 6.11. The van der Waals surface area contributed by atoms with Crippen molar-refractivity contribution in [2.75, 3.05) is 0 Å². The molecule has 70 valence electrons. The molecule has 0 fully saturated rings. The third kappa shape index (κ3) is 2.48. The zero-order chi connectivity index (χ0) is 9.84. The van der Waals surface area contributed by atoms with Gasteiger partial charge < -0.3 is 10.2 Å². The number of nitrogens with zero attached hydrogens (tertiary/aromatic N) is 1. The SMILES string of the molecule is O=C(O)C(O)Cc1ccncc1F. The molecule has 0 amide bonds. The van der Waals surface area contributed by atoms with E-state index in [2.05, 4.69) is 4.98 Å². The molecule has 1 unspecified atom stereocenters. The zero-order valence-corrected chi connectivity index (χ0v) is 6.64. The van der Waals surface area contributed by atoms with E-state index in [0.29, 0.717) is 0 Å². The number of carboxylic acid groups (broad SMARTS) is 1. The van der Waals surface area contributed by atoms with Crippen LogP contribution in [0.5, 0.6) is 0 Å². The van der Waals surface area contributed by atoms with Crippen LogP contribution in [-0.2, 0) is 11.2 Å². The molecule has 1 aromatic rings. The largest absolute Gasteiger partial charge is 0.479 e. The number of aliphatic hydroxyl groups excluding tert-OH is 1. The van der Waals surface area contributed by atoms with Crippen molar-refractivity contribution in [3.8, 4) is 0 Å². The van der Waals surface area contributed by atoms with Gasteiger partial charge in [0.25, 0.3) is 0 Å². The highest BCUT2D eigenvalue weighted by atomic mass is 19.1.